The molecule has 0 aliphatic rings. The molecule has 18 heavy (non-hydrogen) atoms. The van der Waals surface area contributed by atoms with Crippen molar-refractivity contribution in [1.82, 2.24) is 0 Å². The summed E-state index contributed by atoms with van der Waals surface area (Å²) >= 11 is 0. The van der Waals surface area contributed by atoms with Crippen molar-refractivity contribution < 1.29 is 14.3 Å². The van der Waals surface area contributed by atoms with Crippen LogP contribution < -0.4 is 20.9 Å². The summed E-state index contributed by atoms with van der Waals surface area (Å²) in [7, 11) is 1.54. The van der Waals surface area contributed by atoms with Gasteiger partial charge in [0, 0.05) is 6.04 Å². The molecular formula is C13H20N2O3. The molecule has 1 unspecified atom stereocenters. The standard InChI is InChI=1S/C13H20N2O3/c1-4-10(13(15)16)18-11-6-5-9(8(2)14)7-12(11)17-3/h5-8,10H,4,14H2,1-3H3,(H2,15,16)/t8-,10?/m1/s1. The van der Waals surface area contributed by atoms with E-state index in [0.717, 1.165) is 5.56 Å². The lowest BCUT2D eigenvalue weighted by atomic mass is 10.1. The number of carbonyl (C=O) groups is 1. The van der Waals surface area contributed by atoms with E-state index < -0.39 is 12.0 Å². The average molecular weight is 252 g/mol. The van der Waals surface area contributed by atoms with Crippen LogP contribution in [0.5, 0.6) is 11.5 Å². The number of primary amides is 1. The molecule has 1 aromatic rings. The molecule has 5 nitrogen and oxygen atoms in total. The van der Waals surface area contributed by atoms with Crippen LogP contribution in [-0.4, -0.2) is 19.1 Å². The lowest BCUT2D eigenvalue weighted by Gasteiger charge is -2.17. The van der Waals surface area contributed by atoms with Crippen LogP contribution in [0.3, 0.4) is 0 Å². The molecule has 0 spiro atoms. The fraction of sp³-hybridized carbons (Fsp3) is 0.462. The Labute approximate surface area is 107 Å². The number of benzene rings is 1. The predicted octanol–water partition coefficient (Wildman–Crippen LogP) is 1.36. The van der Waals surface area contributed by atoms with Crippen LogP contribution in [0.2, 0.25) is 0 Å². The third-order valence-electron chi connectivity index (χ3n) is 2.67. The van der Waals surface area contributed by atoms with Gasteiger partial charge in [-0.15, -0.1) is 0 Å². The topological polar surface area (TPSA) is 87.6 Å². The van der Waals surface area contributed by atoms with Crippen molar-refractivity contribution in [3.05, 3.63) is 23.8 Å². The Morgan fingerprint density at radius 2 is 2.06 bits per heavy atom. The Kier molecular flexibility index (Phi) is 4.97. The van der Waals surface area contributed by atoms with Gasteiger partial charge in [0.1, 0.15) is 0 Å². The molecule has 1 amide bonds. The first-order valence-corrected chi connectivity index (χ1v) is 5.89. The fourth-order valence-electron chi connectivity index (χ4n) is 1.56. The van der Waals surface area contributed by atoms with E-state index >= 15 is 0 Å². The Bertz CT molecular complexity index is 419. The Balaban J connectivity index is 2.98. The van der Waals surface area contributed by atoms with Crippen molar-refractivity contribution in [3.63, 3.8) is 0 Å². The monoisotopic (exact) mass is 252 g/mol. The number of hydrogen-bond donors (Lipinski definition) is 2. The van der Waals surface area contributed by atoms with Gasteiger partial charge < -0.3 is 20.9 Å². The van der Waals surface area contributed by atoms with Crippen molar-refractivity contribution in [2.45, 2.75) is 32.4 Å². The van der Waals surface area contributed by atoms with E-state index in [1.165, 1.54) is 0 Å². The molecular weight excluding hydrogens is 232 g/mol. The quantitative estimate of drug-likeness (QED) is 0.800. The molecule has 0 radical (unpaired) electrons. The normalized spacial score (nSPS) is 13.8. The summed E-state index contributed by atoms with van der Waals surface area (Å²) in [4.78, 5) is 11.1. The number of amides is 1. The first-order chi connectivity index (χ1) is 8.49. The second-order valence-electron chi connectivity index (χ2n) is 4.12. The molecule has 2 atom stereocenters. The van der Waals surface area contributed by atoms with Gasteiger partial charge in [0.2, 0.25) is 0 Å². The number of carbonyl (C=O) groups excluding carboxylic acids is 1. The number of hydrogen-bond acceptors (Lipinski definition) is 4. The predicted molar refractivity (Wildman–Crippen MR) is 69.5 cm³/mol. The van der Waals surface area contributed by atoms with E-state index in [-0.39, 0.29) is 6.04 Å². The van der Waals surface area contributed by atoms with E-state index in [4.69, 9.17) is 20.9 Å². The summed E-state index contributed by atoms with van der Waals surface area (Å²) < 4.78 is 10.8. The van der Waals surface area contributed by atoms with Crippen LogP contribution in [0, 0.1) is 0 Å². The average Bonchev–Trinajstić information content (AvgIpc) is 2.35. The SMILES string of the molecule is CCC(Oc1ccc([C@@H](C)N)cc1OC)C(N)=O. The van der Waals surface area contributed by atoms with Crippen LogP contribution in [0.25, 0.3) is 0 Å². The molecule has 0 aliphatic carbocycles. The zero-order valence-corrected chi connectivity index (χ0v) is 11.0. The number of rotatable bonds is 6. The number of nitrogens with two attached hydrogens (primary N) is 2. The molecule has 0 saturated carbocycles. The highest BCUT2D eigenvalue weighted by Gasteiger charge is 2.17. The molecule has 1 aromatic carbocycles. The minimum atomic E-state index is -0.653. The molecule has 0 fully saturated rings. The van der Waals surface area contributed by atoms with Crippen LogP contribution >= 0.6 is 0 Å². The lowest BCUT2D eigenvalue weighted by Crippen LogP contribution is -2.33. The van der Waals surface area contributed by atoms with Crippen molar-refractivity contribution >= 4 is 5.91 Å². The zero-order valence-electron chi connectivity index (χ0n) is 11.0. The number of methoxy groups -OCH3 is 1. The van der Waals surface area contributed by atoms with Crippen LogP contribution in [-0.2, 0) is 4.79 Å². The van der Waals surface area contributed by atoms with E-state index in [1.807, 2.05) is 19.9 Å². The summed E-state index contributed by atoms with van der Waals surface area (Å²) in [6, 6.07) is 5.29. The molecule has 100 valence electrons. The van der Waals surface area contributed by atoms with Gasteiger partial charge in [-0.05, 0) is 31.0 Å². The molecule has 4 N–H and O–H groups in total. The Morgan fingerprint density at radius 1 is 1.39 bits per heavy atom. The molecule has 0 saturated heterocycles. The van der Waals surface area contributed by atoms with E-state index in [9.17, 15) is 4.79 Å². The Morgan fingerprint density at radius 3 is 2.50 bits per heavy atom. The van der Waals surface area contributed by atoms with Gasteiger partial charge >= 0.3 is 0 Å². The van der Waals surface area contributed by atoms with Crippen molar-refractivity contribution in [3.8, 4) is 11.5 Å². The lowest BCUT2D eigenvalue weighted by molar-refractivity contribution is -0.124. The molecule has 0 heterocycles. The summed E-state index contributed by atoms with van der Waals surface area (Å²) in [5.74, 6) is 0.549. The smallest absolute Gasteiger partial charge is 0.258 e. The highest BCUT2D eigenvalue weighted by atomic mass is 16.5. The highest BCUT2D eigenvalue weighted by molar-refractivity contribution is 5.79. The second-order valence-corrected chi connectivity index (χ2v) is 4.12. The minimum absolute atomic E-state index is 0.0916. The Hall–Kier alpha value is -1.75. The third-order valence-corrected chi connectivity index (χ3v) is 2.67. The molecule has 5 heteroatoms. The largest absolute Gasteiger partial charge is 0.493 e. The van der Waals surface area contributed by atoms with E-state index in [0.29, 0.717) is 17.9 Å². The fourth-order valence-corrected chi connectivity index (χ4v) is 1.56. The first-order valence-electron chi connectivity index (χ1n) is 5.89. The maximum atomic E-state index is 11.1. The molecule has 1 rings (SSSR count). The number of ether oxygens (including phenoxy) is 2. The molecule has 0 aromatic heterocycles. The maximum absolute atomic E-state index is 11.1. The van der Waals surface area contributed by atoms with Crippen molar-refractivity contribution in [2.75, 3.05) is 7.11 Å². The summed E-state index contributed by atoms with van der Waals surface area (Å²) in [6.45, 7) is 3.71. The van der Waals surface area contributed by atoms with E-state index in [1.54, 1.807) is 19.2 Å². The first kappa shape index (κ1) is 14.3. The van der Waals surface area contributed by atoms with Gasteiger partial charge in [-0.1, -0.05) is 13.0 Å². The van der Waals surface area contributed by atoms with Crippen LogP contribution in [0.1, 0.15) is 31.9 Å². The third kappa shape index (κ3) is 3.37. The highest BCUT2D eigenvalue weighted by Crippen LogP contribution is 2.30. The summed E-state index contributed by atoms with van der Waals surface area (Å²) in [5.41, 5.74) is 12.0. The van der Waals surface area contributed by atoms with Crippen LogP contribution in [0.4, 0.5) is 0 Å². The van der Waals surface area contributed by atoms with Crippen molar-refractivity contribution in [2.24, 2.45) is 11.5 Å². The van der Waals surface area contributed by atoms with Gasteiger partial charge in [0.15, 0.2) is 17.6 Å². The van der Waals surface area contributed by atoms with Gasteiger partial charge in [0.05, 0.1) is 7.11 Å². The second kappa shape index (κ2) is 6.26. The maximum Gasteiger partial charge on any atom is 0.258 e. The molecule has 0 aliphatic heterocycles. The van der Waals surface area contributed by atoms with Gasteiger partial charge in [-0.3, -0.25) is 4.79 Å². The van der Waals surface area contributed by atoms with E-state index in [2.05, 4.69) is 0 Å². The van der Waals surface area contributed by atoms with Crippen molar-refractivity contribution in [1.29, 1.82) is 0 Å². The molecule has 0 bridgehead atoms. The van der Waals surface area contributed by atoms with Gasteiger partial charge in [0.25, 0.3) is 5.91 Å². The summed E-state index contributed by atoms with van der Waals surface area (Å²) in [6.07, 6.45) is -0.145. The zero-order chi connectivity index (χ0) is 13.7. The minimum Gasteiger partial charge on any atom is -0.493 e. The van der Waals surface area contributed by atoms with Crippen LogP contribution in [0.15, 0.2) is 18.2 Å². The summed E-state index contributed by atoms with van der Waals surface area (Å²) in [5, 5.41) is 0. The van der Waals surface area contributed by atoms with Gasteiger partial charge in [-0.2, -0.15) is 0 Å². The van der Waals surface area contributed by atoms with Gasteiger partial charge in [-0.25, -0.2) is 0 Å².